The van der Waals surface area contributed by atoms with Crippen LogP contribution in [-0.4, -0.2) is 11.1 Å². The Labute approximate surface area is 95.2 Å². The van der Waals surface area contributed by atoms with Crippen LogP contribution in [0.1, 0.15) is 18.4 Å². The molecule has 4 heteroatoms. The molecule has 0 aliphatic rings. The summed E-state index contributed by atoms with van der Waals surface area (Å²) in [5.74, 6) is -1.99. The van der Waals surface area contributed by atoms with Crippen LogP contribution in [0.15, 0.2) is 29.2 Å². The summed E-state index contributed by atoms with van der Waals surface area (Å²) in [6.45, 7) is 2.06. The molecule has 0 heterocycles. The summed E-state index contributed by atoms with van der Waals surface area (Å²) >= 11 is 3.96. The van der Waals surface area contributed by atoms with Crippen molar-refractivity contribution < 1.29 is 8.78 Å². The molecule has 0 fully saturated rings. The van der Waals surface area contributed by atoms with E-state index in [-0.39, 0.29) is 0 Å². The van der Waals surface area contributed by atoms with Crippen molar-refractivity contribution in [2.45, 2.75) is 23.5 Å². The van der Waals surface area contributed by atoms with E-state index < -0.39 is 5.76 Å². The number of rotatable bonds is 4. The summed E-state index contributed by atoms with van der Waals surface area (Å²) in [6, 6.07) is 7.31. The van der Waals surface area contributed by atoms with Gasteiger partial charge in [0, 0.05) is 10.2 Å². The first-order valence-electron chi connectivity index (χ1n) is 4.24. The zero-order chi connectivity index (χ0) is 10.6. The van der Waals surface area contributed by atoms with E-state index in [1.165, 1.54) is 0 Å². The molecular formula is C10H11BrF2S. The van der Waals surface area contributed by atoms with Gasteiger partial charge in [-0.1, -0.05) is 46.7 Å². The Bertz CT molecular complexity index is 291. The van der Waals surface area contributed by atoms with E-state index in [4.69, 9.17) is 0 Å². The third-order valence-electron chi connectivity index (χ3n) is 1.88. The third kappa shape index (κ3) is 3.58. The lowest BCUT2D eigenvalue weighted by atomic mass is 10.0. The van der Waals surface area contributed by atoms with Crippen LogP contribution in [0.25, 0.3) is 0 Å². The van der Waals surface area contributed by atoms with Crippen molar-refractivity contribution in [3.63, 3.8) is 0 Å². The standard InChI is InChI=1S/C10H11BrF2S/c1-7(6-11)8-3-2-4-9(5-8)14-10(12)13/h2-5,7,10H,6H2,1H3. The fraction of sp³-hybridized carbons (Fsp3) is 0.400. The van der Waals surface area contributed by atoms with Crippen molar-refractivity contribution in [2.24, 2.45) is 0 Å². The Morgan fingerprint density at radius 3 is 2.71 bits per heavy atom. The minimum Gasteiger partial charge on any atom is -0.198 e. The van der Waals surface area contributed by atoms with Crippen LogP contribution in [0.2, 0.25) is 0 Å². The summed E-state index contributed by atoms with van der Waals surface area (Å²) < 4.78 is 24.2. The highest BCUT2D eigenvalue weighted by Gasteiger charge is 2.08. The number of halogens is 3. The van der Waals surface area contributed by atoms with Crippen LogP contribution in [0.3, 0.4) is 0 Å². The minimum absolute atomic E-state index is 0.355. The fourth-order valence-electron chi connectivity index (χ4n) is 1.09. The predicted molar refractivity (Wildman–Crippen MR) is 60.5 cm³/mol. The van der Waals surface area contributed by atoms with Gasteiger partial charge < -0.3 is 0 Å². The summed E-state index contributed by atoms with van der Waals surface area (Å²) in [4.78, 5) is 0.630. The lowest BCUT2D eigenvalue weighted by molar-refractivity contribution is 0.252. The average molecular weight is 281 g/mol. The van der Waals surface area contributed by atoms with Gasteiger partial charge in [0.25, 0.3) is 5.76 Å². The Balaban J connectivity index is 2.78. The second-order valence-electron chi connectivity index (χ2n) is 3.01. The molecule has 0 aliphatic carbocycles. The van der Waals surface area contributed by atoms with Gasteiger partial charge in [0.1, 0.15) is 0 Å². The average Bonchev–Trinajstić information content (AvgIpc) is 2.16. The molecule has 1 aromatic carbocycles. The highest BCUT2D eigenvalue weighted by Crippen LogP contribution is 2.28. The molecule has 1 aromatic rings. The molecule has 1 unspecified atom stereocenters. The zero-order valence-corrected chi connectivity index (χ0v) is 10.1. The van der Waals surface area contributed by atoms with Crippen LogP contribution in [0.5, 0.6) is 0 Å². The van der Waals surface area contributed by atoms with Crippen molar-refractivity contribution >= 4 is 27.7 Å². The minimum atomic E-state index is -2.34. The van der Waals surface area contributed by atoms with Gasteiger partial charge in [0.15, 0.2) is 0 Å². The van der Waals surface area contributed by atoms with E-state index in [0.717, 1.165) is 10.9 Å². The summed E-state index contributed by atoms with van der Waals surface area (Å²) in [5.41, 5.74) is 1.09. The van der Waals surface area contributed by atoms with Crippen LogP contribution in [0, 0.1) is 0 Å². The predicted octanol–water partition coefficient (Wildman–Crippen LogP) is 4.50. The smallest absolute Gasteiger partial charge is 0.198 e. The summed E-state index contributed by atoms with van der Waals surface area (Å²) in [5, 5.41) is 0.843. The Morgan fingerprint density at radius 1 is 1.43 bits per heavy atom. The molecule has 0 saturated carbocycles. The van der Waals surface area contributed by atoms with Gasteiger partial charge in [0.2, 0.25) is 0 Å². The Morgan fingerprint density at radius 2 is 2.14 bits per heavy atom. The topological polar surface area (TPSA) is 0 Å². The molecule has 0 radical (unpaired) electrons. The maximum absolute atomic E-state index is 12.1. The molecule has 0 bridgehead atoms. The van der Waals surface area contributed by atoms with Crippen molar-refractivity contribution in [1.82, 2.24) is 0 Å². The second-order valence-corrected chi connectivity index (χ2v) is 4.72. The molecule has 0 amide bonds. The van der Waals surface area contributed by atoms with E-state index in [0.29, 0.717) is 22.6 Å². The van der Waals surface area contributed by atoms with Crippen molar-refractivity contribution in [2.75, 3.05) is 5.33 Å². The lowest BCUT2D eigenvalue weighted by Crippen LogP contribution is -1.94. The van der Waals surface area contributed by atoms with Gasteiger partial charge in [-0.25, -0.2) is 0 Å². The first-order valence-corrected chi connectivity index (χ1v) is 6.24. The number of hydrogen-bond acceptors (Lipinski definition) is 1. The van der Waals surface area contributed by atoms with Gasteiger partial charge in [-0.05, 0) is 23.6 Å². The van der Waals surface area contributed by atoms with Gasteiger partial charge in [-0.2, -0.15) is 8.78 Å². The molecule has 14 heavy (non-hydrogen) atoms. The van der Waals surface area contributed by atoms with Crippen LogP contribution >= 0.6 is 27.7 Å². The number of hydrogen-bond donors (Lipinski definition) is 0. The van der Waals surface area contributed by atoms with Crippen molar-refractivity contribution in [3.05, 3.63) is 29.8 Å². The van der Waals surface area contributed by atoms with Crippen molar-refractivity contribution in [3.8, 4) is 0 Å². The number of alkyl halides is 3. The van der Waals surface area contributed by atoms with Crippen molar-refractivity contribution in [1.29, 1.82) is 0 Å². The van der Waals surface area contributed by atoms with Gasteiger partial charge in [-0.3, -0.25) is 0 Å². The SMILES string of the molecule is CC(CBr)c1cccc(SC(F)F)c1. The summed E-state index contributed by atoms with van der Waals surface area (Å²) in [7, 11) is 0. The third-order valence-corrected chi connectivity index (χ3v) is 3.56. The first-order chi connectivity index (χ1) is 6.63. The van der Waals surface area contributed by atoms with Gasteiger partial charge in [-0.15, -0.1) is 0 Å². The van der Waals surface area contributed by atoms with Crippen LogP contribution < -0.4 is 0 Å². The second kappa shape index (κ2) is 5.71. The Hall–Kier alpha value is -0.0900. The maximum atomic E-state index is 12.1. The van der Waals surface area contributed by atoms with Crippen LogP contribution in [0.4, 0.5) is 8.78 Å². The summed E-state index contributed by atoms with van der Waals surface area (Å²) in [6.07, 6.45) is 0. The lowest BCUT2D eigenvalue weighted by Gasteiger charge is -2.09. The van der Waals surface area contributed by atoms with E-state index >= 15 is 0 Å². The molecule has 0 saturated heterocycles. The maximum Gasteiger partial charge on any atom is 0.288 e. The molecule has 1 rings (SSSR count). The molecular weight excluding hydrogens is 270 g/mol. The quantitative estimate of drug-likeness (QED) is 0.578. The molecule has 0 nitrogen and oxygen atoms in total. The molecule has 1 atom stereocenters. The monoisotopic (exact) mass is 280 g/mol. The highest BCUT2D eigenvalue weighted by molar-refractivity contribution is 9.09. The molecule has 0 aromatic heterocycles. The Kier molecular flexibility index (Phi) is 4.89. The van der Waals surface area contributed by atoms with E-state index in [1.807, 2.05) is 18.2 Å². The van der Waals surface area contributed by atoms with E-state index in [2.05, 4.69) is 22.9 Å². The van der Waals surface area contributed by atoms with Gasteiger partial charge >= 0.3 is 0 Å². The molecule has 78 valence electrons. The highest BCUT2D eigenvalue weighted by atomic mass is 79.9. The fourth-order valence-corrected chi connectivity index (χ4v) is 2.03. The van der Waals surface area contributed by atoms with Crippen LogP contribution in [-0.2, 0) is 0 Å². The number of benzene rings is 1. The zero-order valence-electron chi connectivity index (χ0n) is 7.71. The first kappa shape index (κ1) is 12.0. The van der Waals surface area contributed by atoms with Gasteiger partial charge in [0.05, 0.1) is 0 Å². The number of thioether (sulfide) groups is 1. The molecule has 0 aliphatic heterocycles. The largest absolute Gasteiger partial charge is 0.288 e. The molecule has 0 spiro atoms. The van der Waals surface area contributed by atoms with E-state index in [9.17, 15) is 8.78 Å². The van der Waals surface area contributed by atoms with E-state index in [1.54, 1.807) is 6.07 Å². The normalized spacial score (nSPS) is 13.2. The molecule has 0 N–H and O–H groups in total.